The average Bonchev–Trinajstić information content (AvgIpc) is 3.02. The van der Waals surface area contributed by atoms with E-state index in [-0.39, 0.29) is 22.5 Å². The molecule has 1 aromatic heterocycles. The molecule has 2 aromatic carbocycles. The number of alkyl halides is 2. The van der Waals surface area contributed by atoms with Crippen LogP contribution in [0.25, 0.3) is 11.1 Å². The Morgan fingerprint density at radius 1 is 1.11 bits per heavy atom. The monoisotopic (exact) mass is 377 g/mol. The smallest absolute Gasteiger partial charge is 0.279 e. The molecular formula is C19H15F4N3O. The number of halogens is 4. The Balaban J connectivity index is 2.20. The van der Waals surface area contributed by atoms with Crippen molar-refractivity contribution in [3.8, 4) is 11.1 Å². The highest BCUT2D eigenvalue weighted by Gasteiger charge is 2.25. The Kier molecular flexibility index (Phi) is 4.98. The molecule has 0 aliphatic carbocycles. The van der Waals surface area contributed by atoms with Crippen molar-refractivity contribution in [3.63, 3.8) is 0 Å². The van der Waals surface area contributed by atoms with Crippen LogP contribution in [0.5, 0.6) is 0 Å². The first-order chi connectivity index (χ1) is 12.8. The summed E-state index contributed by atoms with van der Waals surface area (Å²) in [4.78, 5) is 12.7. The van der Waals surface area contributed by atoms with Crippen LogP contribution in [0.2, 0.25) is 0 Å². The number of hydrogen-bond donors (Lipinski definition) is 0. The zero-order valence-corrected chi connectivity index (χ0v) is 14.5. The molecule has 3 aromatic rings. The molecule has 0 atom stereocenters. The van der Waals surface area contributed by atoms with E-state index in [4.69, 9.17) is 0 Å². The number of anilines is 2. The number of benzene rings is 2. The van der Waals surface area contributed by atoms with Gasteiger partial charge in [0.25, 0.3) is 6.43 Å². The molecule has 0 aliphatic rings. The number of amides is 1. The van der Waals surface area contributed by atoms with Gasteiger partial charge in [0.15, 0.2) is 5.69 Å². The summed E-state index contributed by atoms with van der Waals surface area (Å²) in [6.45, 7) is 1.31. The van der Waals surface area contributed by atoms with Crippen molar-refractivity contribution >= 4 is 17.8 Å². The molecule has 0 bridgehead atoms. The molecule has 8 heteroatoms. The molecule has 0 spiro atoms. The van der Waals surface area contributed by atoms with Crippen molar-refractivity contribution in [1.82, 2.24) is 9.78 Å². The van der Waals surface area contributed by atoms with Crippen LogP contribution in [0.3, 0.4) is 0 Å². The third-order valence-corrected chi connectivity index (χ3v) is 4.16. The average molecular weight is 377 g/mol. The molecule has 140 valence electrons. The number of carbonyl (C=O) groups is 1. The van der Waals surface area contributed by atoms with Crippen LogP contribution < -0.4 is 4.90 Å². The molecule has 0 saturated heterocycles. The molecule has 27 heavy (non-hydrogen) atoms. The summed E-state index contributed by atoms with van der Waals surface area (Å²) in [6.07, 6.45) is -1.25. The van der Waals surface area contributed by atoms with E-state index in [0.717, 1.165) is 17.0 Å². The molecule has 1 heterocycles. The van der Waals surface area contributed by atoms with Crippen LogP contribution in [0.1, 0.15) is 17.7 Å². The topological polar surface area (TPSA) is 38.1 Å². The van der Waals surface area contributed by atoms with Crippen LogP contribution in [0.15, 0.2) is 42.6 Å². The predicted octanol–water partition coefficient (Wildman–Crippen LogP) is 4.91. The number of nitrogens with zero attached hydrogens (tertiary/aromatic N) is 3. The second kappa shape index (κ2) is 7.22. The molecule has 0 unspecified atom stereocenters. The number of aromatic nitrogens is 2. The van der Waals surface area contributed by atoms with E-state index in [0.29, 0.717) is 12.0 Å². The van der Waals surface area contributed by atoms with Gasteiger partial charge in [-0.25, -0.2) is 17.6 Å². The van der Waals surface area contributed by atoms with Crippen molar-refractivity contribution in [2.45, 2.75) is 13.3 Å². The fraction of sp³-hybridized carbons (Fsp3) is 0.158. The fourth-order valence-corrected chi connectivity index (χ4v) is 2.81. The minimum Gasteiger partial charge on any atom is -0.279 e. The van der Waals surface area contributed by atoms with Crippen LogP contribution in [0, 0.1) is 18.6 Å². The van der Waals surface area contributed by atoms with Gasteiger partial charge in [-0.3, -0.25) is 14.4 Å². The largest absolute Gasteiger partial charge is 0.284 e. The lowest BCUT2D eigenvalue weighted by Gasteiger charge is -2.21. The van der Waals surface area contributed by atoms with E-state index in [1.165, 1.54) is 30.9 Å². The van der Waals surface area contributed by atoms with Crippen LogP contribution in [-0.4, -0.2) is 16.2 Å². The minimum atomic E-state index is -2.90. The SMILES string of the molecule is Cc1c(F)cc(-c2ccccc2N(C=O)c2cn(C)nc2C(F)F)cc1F. The summed E-state index contributed by atoms with van der Waals surface area (Å²) in [5, 5.41) is 3.69. The Bertz CT molecular complexity index is 977. The molecule has 0 N–H and O–H groups in total. The maximum Gasteiger partial charge on any atom is 0.284 e. The maximum atomic E-state index is 14.0. The minimum absolute atomic E-state index is 0.108. The van der Waals surface area contributed by atoms with E-state index < -0.39 is 23.8 Å². The molecule has 1 amide bonds. The Morgan fingerprint density at radius 3 is 2.33 bits per heavy atom. The second-order valence-corrected chi connectivity index (χ2v) is 5.93. The lowest BCUT2D eigenvalue weighted by molar-refractivity contribution is -0.106. The standard InChI is InChI=1S/C19H15F4N3O/c1-11-14(20)7-12(8-15(11)21)13-5-3-4-6-16(13)26(10-27)17-9-25(2)24-18(17)19(22)23/h3-10,19H,1-2H3. The van der Waals surface area contributed by atoms with Crippen molar-refractivity contribution in [2.24, 2.45) is 7.05 Å². The lowest BCUT2D eigenvalue weighted by Crippen LogP contribution is -2.16. The van der Waals surface area contributed by atoms with E-state index in [2.05, 4.69) is 5.10 Å². The maximum absolute atomic E-state index is 14.0. The van der Waals surface area contributed by atoms with Gasteiger partial charge in [-0.05, 0) is 30.7 Å². The highest BCUT2D eigenvalue weighted by molar-refractivity contribution is 5.94. The number of para-hydroxylation sites is 1. The molecule has 0 aliphatic heterocycles. The summed E-state index contributed by atoms with van der Waals surface area (Å²) >= 11 is 0. The van der Waals surface area contributed by atoms with Gasteiger partial charge in [-0.15, -0.1) is 0 Å². The second-order valence-electron chi connectivity index (χ2n) is 5.93. The molecule has 0 saturated carbocycles. The van der Waals surface area contributed by atoms with Crippen molar-refractivity contribution in [2.75, 3.05) is 4.90 Å². The highest BCUT2D eigenvalue weighted by Crippen LogP contribution is 2.38. The highest BCUT2D eigenvalue weighted by atomic mass is 19.3. The molecule has 4 nitrogen and oxygen atoms in total. The van der Waals surface area contributed by atoms with Crippen molar-refractivity contribution < 1.29 is 22.4 Å². The third-order valence-electron chi connectivity index (χ3n) is 4.16. The quantitative estimate of drug-likeness (QED) is 0.468. The van der Waals surface area contributed by atoms with Gasteiger partial charge >= 0.3 is 0 Å². The van der Waals surface area contributed by atoms with E-state index >= 15 is 0 Å². The lowest BCUT2D eigenvalue weighted by atomic mass is 10.0. The molecule has 0 radical (unpaired) electrons. The van der Waals surface area contributed by atoms with E-state index in [9.17, 15) is 22.4 Å². The first-order valence-corrected chi connectivity index (χ1v) is 7.94. The normalized spacial score (nSPS) is 11.1. The van der Waals surface area contributed by atoms with E-state index in [1.807, 2.05) is 0 Å². The first kappa shape index (κ1) is 18.6. The molecule has 3 rings (SSSR count). The zero-order chi connectivity index (χ0) is 19.7. The van der Waals surface area contributed by atoms with Gasteiger partial charge in [0.2, 0.25) is 6.41 Å². The number of aryl methyl sites for hydroxylation is 1. The third kappa shape index (κ3) is 3.42. The van der Waals surface area contributed by atoms with Crippen molar-refractivity contribution in [1.29, 1.82) is 0 Å². The van der Waals surface area contributed by atoms with Crippen LogP contribution >= 0.6 is 0 Å². The van der Waals surface area contributed by atoms with Gasteiger partial charge < -0.3 is 0 Å². The predicted molar refractivity (Wildman–Crippen MR) is 92.9 cm³/mol. The van der Waals surface area contributed by atoms with Gasteiger partial charge in [0, 0.05) is 24.4 Å². The fourth-order valence-electron chi connectivity index (χ4n) is 2.81. The van der Waals surface area contributed by atoms with E-state index in [1.54, 1.807) is 18.2 Å². The summed E-state index contributed by atoms with van der Waals surface area (Å²) in [6, 6.07) is 8.54. The number of rotatable bonds is 5. The zero-order valence-electron chi connectivity index (χ0n) is 14.5. The van der Waals surface area contributed by atoms with Crippen LogP contribution in [-0.2, 0) is 11.8 Å². The van der Waals surface area contributed by atoms with Gasteiger partial charge in [0.05, 0.1) is 11.4 Å². The van der Waals surface area contributed by atoms with Gasteiger partial charge in [-0.1, -0.05) is 18.2 Å². The van der Waals surface area contributed by atoms with Crippen LogP contribution in [0.4, 0.5) is 28.9 Å². The van der Waals surface area contributed by atoms with Crippen molar-refractivity contribution in [3.05, 3.63) is 65.5 Å². The summed E-state index contributed by atoms with van der Waals surface area (Å²) in [5.41, 5.74) is -0.114. The first-order valence-electron chi connectivity index (χ1n) is 7.94. The molecular weight excluding hydrogens is 362 g/mol. The number of hydrogen-bond acceptors (Lipinski definition) is 2. The summed E-state index contributed by atoms with van der Waals surface area (Å²) in [5.74, 6) is -1.49. The summed E-state index contributed by atoms with van der Waals surface area (Å²) < 4.78 is 55.8. The Morgan fingerprint density at radius 2 is 1.74 bits per heavy atom. The molecule has 0 fully saturated rings. The van der Waals surface area contributed by atoms with Gasteiger partial charge in [0.1, 0.15) is 11.6 Å². The summed E-state index contributed by atoms with van der Waals surface area (Å²) in [7, 11) is 1.45. The number of carbonyl (C=O) groups excluding carboxylic acids is 1. The van der Waals surface area contributed by atoms with Gasteiger partial charge in [-0.2, -0.15) is 5.10 Å². The Labute approximate surface area is 152 Å². The Hall–Kier alpha value is -3.16.